The van der Waals surface area contributed by atoms with Gasteiger partial charge < -0.3 is 14.2 Å². The number of halogens is 1. The molecule has 0 bridgehead atoms. The van der Waals surface area contributed by atoms with Crippen molar-refractivity contribution >= 4 is 11.6 Å². The van der Waals surface area contributed by atoms with Crippen molar-refractivity contribution in [2.75, 3.05) is 12.5 Å². The first-order valence-electron chi connectivity index (χ1n) is 4.69. The van der Waals surface area contributed by atoms with Crippen LogP contribution in [-0.2, 0) is 14.2 Å². The van der Waals surface area contributed by atoms with E-state index in [0.717, 1.165) is 0 Å². The van der Waals surface area contributed by atoms with Gasteiger partial charge in [0, 0.05) is 5.88 Å². The van der Waals surface area contributed by atoms with E-state index in [1.165, 1.54) is 6.26 Å². The van der Waals surface area contributed by atoms with Crippen molar-refractivity contribution in [3.63, 3.8) is 0 Å². The molecule has 2 unspecified atom stereocenters. The van der Waals surface area contributed by atoms with Gasteiger partial charge in [0.25, 0.3) is 0 Å². The molecule has 14 heavy (non-hydrogen) atoms. The average molecular weight is 223 g/mol. The summed E-state index contributed by atoms with van der Waals surface area (Å²) in [5.74, 6) is 0.461. The Morgan fingerprint density at radius 1 is 1.36 bits per heavy atom. The third-order valence-electron chi connectivity index (χ3n) is 1.41. The fourth-order valence-corrected chi connectivity index (χ4v) is 0.898. The molecule has 0 aliphatic carbocycles. The highest BCUT2D eigenvalue weighted by molar-refractivity contribution is 6.18. The second kappa shape index (κ2) is 8.09. The first kappa shape index (κ1) is 13.8. The van der Waals surface area contributed by atoms with Gasteiger partial charge in [0.15, 0.2) is 0 Å². The molecule has 0 aromatic carbocycles. The summed E-state index contributed by atoms with van der Waals surface area (Å²) in [6, 6.07) is 0. The van der Waals surface area contributed by atoms with Gasteiger partial charge in [-0.3, -0.25) is 0 Å². The lowest BCUT2D eigenvalue weighted by molar-refractivity contribution is -0.168. The van der Waals surface area contributed by atoms with E-state index in [4.69, 9.17) is 25.8 Å². The summed E-state index contributed by atoms with van der Waals surface area (Å²) in [6.45, 7) is 9.60. The first-order valence-corrected chi connectivity index (χ1v) is 5.23. The Morgan fingerprint density at radius 2 is 2.00 bits per heavy atom. The zero-order valence-corrected chi connectivity index (χ0v) is 9.79. The molecule has 0 rings (SSSR count). The summed E-state index contributed by atoms with van der Waals surface area (Å²) in [5, 5.41) is 0. The zero-order valence-electron chi connectivity index (χ0n) is 9.03. The second-order valence-corrected chi connectivity index (χ2v) is 3.52. The van der Waals surface area contributed by atoms with Crippen molar-refractivity contribution in [1.82, 2.24) is 0 Å². The maximum absolute atomic E-state index is 5.59. The lowest BCUT2D eigenvalue weighted by Gasteiger charge is -2.21. The van der Waals surface area contributed by atoms with Gasteiger partial charge in [-0.05, 0) is 20.8 Å². The summed E-state index contributed by atoms with van der Waals surface area (Å²) >= 11 is 5.59. The van der Waals surface area contributed by atoms with Crippen LogP contribution < -0.4 is 0 Å². The summed E-state index contributed by atoms with van der Waals surface area (Å²) in [7, 11) is 0. The highest BCUT2D eigenvalue weighted by atomic mass is 35.5. The topological polar surface area (TPSA) is 27.7 Å². The van der Waals surface area contributed by atoms with Gasteiger partial charge in [-0.15, -0.1) is 11.6 Å². The zero-order chi connectivity index (χ0) is 11.0. The highest BCUT2D eigenvalue weighted by Gasteiger charge is 2.12. The molecule has 0 saturated carbocycles. The van der Waals surface area contributed by atoms with Crippen molar-refractivity contribution in [2.24, 2.45) is 0 Å². The van der Waals surface area contributed by atoms with E-state index in [1.54, 1.807) is 0 Å². The van der Waals surface area contributed by atoms with E-state index in [2.05, 4.69) is 6.58 Å². The van der Waals surface area contributed by atoms with Crippen LogP contribution in [0.1, 0.15) is 20.8 Å². The third-order valence-corrected chi connectivity index (χ3v) is 1.84. The summed E-state index contributed by atoms with van der Waals surface area (Å²) < 4.78 is 15.9. The first-order chi connectivity index (χ1) is 6.60. The Bertz CT molecular complexity index is 150. The van der Waals surface area contributed by atoms with Crippen molar-refractivity contribution in [3.05, 3.63) is 12.8 Å². The van der Waals surface area contributed by atoms with E-state index in [0.29, 0.717) is 12.5 Å². The maximum Gasteiger partial charge on any atom is 0.222 e. The molecule has 0 heterocycles. The molecule has 4 heteroatoms. The molecule has 0 fully saturated rings. The second-order valence-electron chi connectivity index (χ2n) is 3.22. The molecule has 0 aliphatic rings. The molecule has 2 atom stereocenters. The smallest absolute Gasteiger partial charge is 0.222 e. The lowest BCUT2D eigenvalue weighted by Crippen LogP contribution is -2.27. The Balaban J connectivity index is 3.77. The fourth-order valence-electron chi connectivity index (χ4n) is 0.809. The largest absolute Gasteiger partial charge is 0.471 e. The summed E-state index contributed by atoms with van der Waals surface area (Å²) in [6.07, 6.45) is 1.04. The van der Waals surface area contributed by atoms with E-state index in [9.17, 15) is 0 Å². The van der Waals surface area contributed by atoms with Crippen LogP contribution in [-0.4, -0.2) is 31.0 Å². The third kappa shape index (κ3) is 7.18. The molecule has 0 saturated heterocycles. The Hall–Kier alpha value is -0.250. The van der Waals surface area contributed by atoms with Gasteiger partial charge in [0.05, 0.1) is 18.5 Å². The van der Waals surface area contributed by atoms with Crippen molar-refractivity contribution in [2.45, 2.75) is 39.3 Å². The number of rotatable bonds is 8. The van der Waals surface area contributed by atoms with Crippen LogP contribution in [0.25, 0.3) is 0 Å². The molecule has 0 spiro atoms. The standard InChI is InChI=1S/C10H19ClO3/c1-5-12-10(14-8(2)3)7-13-9(4)6-11/h5,8-10H,1,6-7H2,2-4H3. The van der Waals surface area contributed by atoms with E-state index in [1.807, 2.05) is 20.8 Å². The summed E-state index contributed by atoms with van der Waals surface area (Å²) in [4.78, 5) is 0. The Morgan fingerprint density at radius 3 is 2.43 bits per heavy atom. The Labute approximate surface area is 91.0 Å². The van der Waals surface area contributed by atoms with Crippen LogP contribution in [0.4, 0.5) is 0 Å². The number of hydrogen-bond acceptors (Lipinski definition) is 3. The molecule has 3 nitrogen and oxygen atoms in total. The lowest BCUT2D eigenvalue weighted by atomic mass is 10.4. The number of hydrogen-bond donors (Lipinski definition) is 0. The van der Waals surface area contributed by atoms with Crippen LogP contribution in [0.5, 0.6) is 0 Å². The molecule has 0 aromatic rings. The van der Waals surface area contributed by atoms with Gasteiger partial charge in [0.2, 0.25) is 6.29 Å². The SMILES string of the molecule is C=COC(COC(C)CCl)OC(C)C. The number of ether oxygens (including phenoxy) is 3. The minimum Gasteiger partial charge on any atom is -0.471 e. The van der Waals surface area contributed by atoms with Gasteiger partial charge in [-0.2, -0.15) is 0 Å². The van der Waals surface area contributed by atoms with E-state index in [-0.39, 0.29) is 12.2 Å². The molecule has 0 radical (unpaired) electrons. The van der Waals surface area contributed by atoms with Gasteiger partial charge >= 0.3 is 0 Å². The van der Waals surface area contributed by atoms with Gasteiger partial charge in [-0.1, -0.05) is 6.58 Å². The van der Waals surface area contributed by atoms with Crippen LogP contribution in [0.15, 0.2) is 12.8 Å². The Kier molecular flexibility index (Phi) is 7.95. The van der Waals surface area contributed by atoms with Gasteiger partial charge in [-0.25, -0.2) is 0 Å². The van der Waals surface area contributed by atoms with Crippen LogP contribution in [0.3, 0.4) is 0 Å². The summed E-state index contributed by atoms with van der Waals surface area (Å²) in [5.41, 5.74) is 0. The number of alkyl halides is 1. The van der Waals surface area contributed by atoms with E-state index < -0.39 is 6.29 Å². The molecular formula is C10H19ClO3. The molecule has 0 aliphatic heterocycles. The minimum absolute atomic E-state index is 0.00310. The molecular weight excluding hydrogens is 204 g/mol. The molecule has 0 aromatic heterocycles. The normalized spacial score (nSPS) is 15.2. The molecule has 84 valence electrons. The van der Waals surface area contributed by atoms with Crippen molar-refractivity contribution < 1.29 is 14.2 Å². The van der Waals surface area contributed by atoms with Crippen molar-refractivity contribution in [3.8, 4) is 0 Å². The van der Waals surface area contributed by atoms with Crippen LogP contribution in [0, 0.1) is 0 Å². The molecule has 0 N–H and O–H groups in total. The monoisotopic (exact) mass is 222 g/mol. The fraction of sp³-hybridized carbons (Fsp3) is 0.800. The quantitative estimate of drug-likeness (QED) is 0.359. The van der Waals surface area contributed by atoms with Gasteiger partial charge in [0.1, 0.15) is 6.61 Å². The minimum atomic E-state index is -0.404. The van der Waals surface area contributed by atoms with Crippen LogP contribution in [0.2, 0.25) is 0 Å². The predicted molar refractivity (Wildman–Crippen MR) is 57.4 cm³/mol. The maximum atomic E-state index is 5.59. The van der Waals surface area contributed by atoms with Crippen LogP contribution >= 0.6 is 11.6 Å². The van der Waals surface area contributed by atoms with E-state index >= 15 is 0 Å². The molecule has 0 amide bonds. The highest BCUT2D eigenvalue weighted by Crippen LogP contribution is 2.04. The average Bonchev–Trinajstić information content (AvgIpc) is 2.13. The van der Waals surface area contributed by atoms with Crippen molar-refractivity contribution in [1.29, 1.82) is 0 Å². The predicted octanol–water partition coefficient (Wildman–Crippen LogP) is 2.54.